The first-order valence-corrected chi connectivity index (χ1v) is 39.7. The number of esters is 3. The van der Waals surface area contributed by atoms with Gasteiger partial charge in [0.25, 0.3) is 6.47 Å². The van der Waals surface area contributed by atoms with Gasteiger partial charge in [-0.3, -0.25) is 50.6 Å². The summed E-state index contributed by atoms with van der Waals surface area (Å²) in [5.41, 5.74) is 3.31. The number of rotatable bonds is 30. The number of carboxylic acids is 1. The molecule has 11 N–H and O–H groups in total. The molecule has 37 nitrogen and oxygen atoms in total. The Balaban J connectivity index is 0.000000313. The largest absolute Gasteiger partial charge is 0.479 e. The highest BCUT2D eigenvalue weighted by Crippen LogP contribution is 2.53. The van der Waals surface area contributed by atoms with Gasteiger partial charge in [0.15, 0.2) is 18.5 Å². The van der Waals surface area contributed by atoms with Crippen molar-refractivity contribution in [3.05, 3.63) is 144 Å². The number of aldehydes is 1. The molecule has 0 radical (unpaired) electrons. The second-order valence-corrected chi connectivity index (χ2v) is 31.0. The van der Waals surface area contributed by atoms with E-state index in [0.29, 0.717) is 6.47 Å². The van der Waals surface area contributed by atoms with Crippen LogP contribution in [0.2, 0.25) is 0 Å². The molecule has 4 fully saturated rings. The van der Waals surface area contributed by atoms with E-state index in [2.05, 4.69) is 29.7 Å². The van der Waals surface area contributed by atoms with Crippen molar-refractivity contribution in [2.75, 3.05) is 40.6 Å². The maximum absolute atomic E-state index is 13.6. The van der Waals surface area contributed by atoms with Gasteiger partial charge in [-0.2, -0.15) is 0 Å². The summed E-state index contributed by atoms with van der Waals surface area (Å²) < 4.78 is 131. The number of halogens is 1. The second-order valence-electron chi connectivity index (χ2n) is 24.3. The van der Waals surface area contributed by atoms with Gasteiger partial charge in [0.1, 0.15) is 72.2 Å². The fourth-order valence-electron chi connectivity index (χ4n) is 10.3. The van der Waals surface area contributed by atoms with E-state index in [1.54, 1.807) is 0 Å². The number of carbonyl (C=O) groups is 6. The number of phosphoric ester groups is 4. The van der Waals surface area contributed by atoms with Crippen molar-refractivity contribution in [2.24, 2.45) is 23.7 Å². The molecule has 4 aromatic carbocycles. The van der Waals surface area contributed by atoms with E-state index in [1.165, 1.54) is 28.1 Å². The maximum atomic E-state index is 13.6. The van der Waals surface area contributed by atoms with Gasteiger partial charge in [0.2, 0.25) is 0 Å². The quantitative estimate of drug-likeness (QED) is 0.0112. The van der Waals surface area contributed by atoms with Gasteiger partial charge in [0, 0.05) is 25.7 Å². The molecule has 20 atom stereocenters. The molecule has 0 bridgehead atoms. The van der Waals surface area contributed by atoms with Gasteiger partial charge in [-0.15, -0.1) is 0 Å². The lowest BCUT2D eigenvalue weighted by Crippen LogP contribution is -2.60. The van der Waals surface area contributed by atoms with Crippen LogP contribution in [0.1, 0.15) is 63.8 Å². The highest BCUT2D eigenvalue weighted by atomic mass is 79.9. The average Bonchev–Trinajstić information content (AvgIpc) is 0.808. The van der Waals surface area contributed by atoms with Crippen LogP contribution < -0.4 is 0 Å². The van der Waals surface area contributed by atoms with E-state index in [0.717, 1.165) is 22.3 Å². The summed E-state index contributed by atoms with van der Waals surface area (Å²) in [6.07, 6.45) is -19.6. The predicted octanol–water partition coefficient (Wildman–Crippen LogP) is 4.52. The average molecular weight is 1680 g/mol. The first kappa shape index (κ1) is 94.8. The lowest BCUT2D eigenvalue weighted by Gasteiger charge is -2.42. The molecule has 4 aromatic rings. The summed E-state index contributed by atoms with van der Waals surface area (Å²) >= 11 is 3.45. The minimum atomic E-state index is -4.82. The monoisotopic (exact) mass is 1680 g/mol. The Bertz CT molecular complexity index is 3450. The van der Waals surface area contributed by atoms with Crippen LogP contribution in [-0.2, 0) is 148 Å². The van der Waals surface area contributed by atoms with E-state index in [4.69, 9.17) is 89.8 Å². The van der Waals surface area contributed by atoms with Crippen molar-refractivity contribution in [1.29, 1.82) is 0 Å². The van der Waals surface area contributed by atoms with Gasteiger partial charge in [-0.25, -0.2) is 27.8 Å². The van der Waals surface area contributed by atoms with Crippen molar-refractivity contribution < 1.29 is 176 Å². The number of benzene rings is 4. The number of hydrogen-bond acceptors (Lipinski definition) is 32. The van der Waals surface area contributed by atoms with E-state index < -0.39 is 159 Å². The van der Waals surface area contributed by atoms with Crippen LogP contribution in [0.4, 0.5) is 0 Å². The highest BCUT2D eigenvalue weighted by Gasteiger charge is 2.50. The predicted molar refractivity (Wildman–Crippen MR) is 374 cm³/mol. The van der Waals surface area contributed by atoms with Crippen LogP contribution in [0.15, 0.2) is 121 Å². The molecule has 8 unspecified atom stereocenters. The van der Waals surface area contributed by atoms with Crippen molar-refractivity contribution in [3.63, 3.8) is 0 Å². The Hall–Kier alpha value is -5.58. The number of methoxy groups -OCH3 is 2. The molecule has 0 aromatic heterocycles. The molecule has 0 saturated carbocycles. The van der Waals surface area contributed by atoms with Crippen LogP contribution in [0.25, 0.3) is 0 Å². The number of alkyl halides is 1. The van der Waals surface area contributed by atoms with Crippen molar-refractivity contribution in [2.45, 2.75) is 165 Å². The molecule has 4 aliphatic heterocycles. The number of carbonyl (C=O) groups excluding carboxylic acids is 5. The Kier molecular flexibility index (Phi) is 40.8. The first-order valence-electron chi connectivity index (χ1n) is 32.8. The molecular formula is C66H93BrO37P4. The maximum Gasteiger partial charge on any atom is 0.475 e. The van der Waals surface area contributed by atoms with Crippen LogP contribution in [0.5, 0.6) is 0 Å². The summed E-state index contributed by atoms with van der Waals surface area (Å²) in [6, 6.07) is 37.3. The van der Waals surface area contributed by atoms with Crippen molar-refractivity contribution in [3.8, 4) is 0 Å². The zero-order valence-electron chi connectivity index (χ0n) is 59.6. The number of aliphatic hydroxyl groups excluding tert-OH is 6. The first-order chi connectivity index (χ1) is 50.8. The van der Waals surface area contributed by atoms with Crippen LogP contribution >= 0.6 is 47.2 Å². The molecule has 0 aliphatic carbocycles. The standard InChI is InChI=1S/C26H33O9P.C24H30BrO7P.C7H13O10P.C7H13O9P.C2H4O2/c1-18-19(2)24(34-20(3)27)25(26(28)30-4)35-23(18)17-33-36(29,31-15-21-11-7-5-8-12-21)32-16-22-13-9-6-10-14-22;1-17-18(2)23(31-19(3)26)24(25)32-22(17)16-30-33(27,28-14-20-10-6-4-7-11-20)29-15-21-12-8-5-9-13-21;8-3-2(1-16-18(13,14)15)17-6(7(11)12)5(10)4(3)9;8-1-3-5(9)7(11)6(10)4(16-3)2-15-17(12,13)14;1-4-2-3/h5-14,18-19,23-25H,15-17H2,1-4H3;4-13,17-18,22-24H,14-16H2,1-3H3;2-6,8-10H,1H2,(H,11,12)(H2,13,14,15);1,3-7,9-11H,2H2,(H2,12,13,14);2H,1H3/t18-,19-,23?,24?,25-;17-,18-,22?,23?,24-;2?,3-,4+,5?,6+;3-,4?,5?,6-,7-;/m0011./s1. The van der Waals surface area contributed by atoms with Gasteiger partial charge < -0.3 is 98.0 Å². The summed E-state index contributed by atoms with van der Waals surface area (Å²) in [7, 11) is -15.0. The molecule has 42 heteroatoms. The zero-order valence-corrected chi connectivity index (χ0v) is 64.8. The molecule has 4 aliphatic rings. The number of phosphoric acid groups is 4. The van der Waals surface area contributed by atoms with Gasteiger partial charge in [-0.1, -0.05) is 165 Å². The second kappa shape index (κ2) is 46.4. The third kappa shape index (κ3) is 32.3. The molecule has 4 heterocycles. The summed E-state index contributed by atoms with van der Waals surface area (Å²) in [5.74, 6) is -3.67. The molecule has 4 saturated heterocycles. The van der Waals surface area contributed by atoms with Gasteiger partial charge in [0.05, 0.1) is 79.3 Å². The number of ether oxygens (including phenoxy) is 8. The number of carboxylic acid groups (broad SMARTS) is 1. The molecule has 0 amide bonds. The minimum Gasteiger partial charge on any atom is -0.479 e. The summed E-state index contributed by atoms with van der Waals surface area (Å²) in [4.78, 5) is 99.4. The molecule has 108 heavy (non-hydrogen) atoms. The van der Waals surface area contributed by atoms with Crippen LogP contribution in [-0.4, -0.2) is 229 Å². The fourth-order valence-corrected chi connectivity index (χ4v) is 14.2. The van der Waals surface area contributed by atoms with Gasteiger partial charge in [-0.05, 0) is 34.1 Å². The third-order valence-electron chi connectivity index (χ3n) is 16.6. The summed E-state index contributed by atoms with van der Waals surface area (Å²) in [5, 5.41) is 64.4. The Morgan fingerprint density at radius 3 is 1.09 bits per heavy atom. The Morgan fingerprint density at radius 1 is 0.435 bits per heavy atom. The normalized spacial score (nSPS) is 28.4. The highest BCUT2D eigenvalue weighted by molar-refractivity contribution is 9.09. The smallest absolute Gasteiger partial charge is 0.475 e. The fraction of sp³-hybridized carbons (Fsp3) is 0.545. The summed E-state index contributed by atoms with van der Waals surface area (Å²) in [6.45, 7) is 9.18. The molecule has 8 rings (SSSR count). The number of hydrogen-bond donors (Lipinski definition) is 11. The minimum absolute atomic E-state index is 0.00125. The molecular weight excluding hydrogens is 1590 g/mol. The van der Waals surface area contributed by atoms with Crippen LogP contribution in [0, 0.1) is 23.7 Å². The molecule has 0 spiro atoms. The SMILES string of the molecule is CC(=O)OC1[C@@H](C)[C@H](C)C(COP(=O)(OCc2ccccc2)OCc2ccccc2)O[C@@H]1Br.COC(=O)[C@H]1OC(COP(=O)(OCc2ccccc2)OCc2ccccc2)[C@@H](C)[C@H](C)C1OC(C)=O.COC=O.O=C(O)[C@H]1OC(COP(=O)(O)O)[C@@H](O)[C@H](O)C1O.O=C[C@H]1OC(COP(=O)(O)O)[C@@H](O)[C@H](O)C1O. The van der Waals surface area contributed by atoms with Crippen molar-refractivity contribution >= 4 is 83.9 Å². The van der Waals surface area contributed by atoms with E-state index in [9.17, 15) is 72.9 Å². The van der Waals surface area contributed by atoms with Crippen molar-refractivity contribution in [1.82, 2.24) is 0 Å². The van der Waals surface area contributed by atoms with Gasteiger partial charge >= 0.3 is 55.2 Å². The van der Waals surface area contributed by atoms with Crippen LogP contribution in [0.3, 0.4) is 0 Å². The third-order valence-corrected chi connectivity index (χ3v) is 21.0. The van der Waals surface area contributed by atoms with E-state index >= 15 is 0 Å². The Labute approximate surface area is 630 Å². The lowest BCUT2D eigenvalue weighted by atomic mass is 9.81. The zero-order chi connectivity index (χ0) is 80.7. The topological polar surface area (TPSA) is 541 Å². The lowest BCUT2D eigenvalue weighted by molar-refractivity contribution is -0.232. The molecule has 606 valence electrons. The number of aliphatic carboxylic acids is 1. The van der Waals surface area contributed by atoms with E-state index in [-0.39, 0.29) is 75.6 Å². The van der Waals surface area contributed by atoms with E-state index in [1.807, 2.05) is 149 Å². The number of aliphatic hydroxyl groups is 6. The Morgan fingerprint density at radius 2 is 0.759 bits per heavy atom.